The van der Waals surface area contributed by atoms with Gasteiger partial charge in [0, 0.05) is 37.3 Å². The smallest absolute Gasteiger partial charge is 0.406 e. The van der Waals surface area contributed by atoms with Crippen LogP contribution in [-0.4, -0.2) is 49.5 Å². The van der Waals surface area contributed by atoms with Crippen molar-refractivity contribution in [3.8, 4) is 5.75 Å². The summed E-state index contributed by atoms with van der Waals surface area (Å²) in [6.45, 7) is 2.17. The lowest BCUT2D eigenvalue weighted by atomic mass is 10.1. The molecule has 0 unspecified atom stereocenters. The molecule has 10 heteroatoms. The van der Waals surface area contributed by atoms with Gasteiger partial charge in [-0.1, -0.05) is 0 Å². The highest BCUT2D eigenvalue weighted by atomic mass is 19.4. The molecule has 4 nitrogen and oxygen atoms in total. The van der Waals surface area contributed by atoms with E-state index in [-0.39, 0.29) is 16.6 Å². The number of alkyl halides is 6. The summed E-state index contributed by atoms with van der Waals surface area (Å²) in [6.07, 6.45) is -9.54. The summed E-state index contributed by atoms with van der Waals surface area (Å²) in [4.78, 5) is 7.29. The van der Waals surface area contributed by atoms with E-state index in [1.54, 1.807) is 4.90 Å². The van der Waals surface area contributed by atoms with E-state index in [9.17, 15) is 26.3 Å². The maximum atomic E-state index is 13.2. The van der Waals surface area contributed by atoms with Crippen LogP contribution >= 0.6 is 0 Å². The lowest BCUT2D eigenvalue weighted by Crippen LogP contribution is -2.44. The third kappa shape index (κ3) is 4.12. The van der Waals surface area contributed by atoms with Crippen molar-refractivity contribution in [3.63, 3.8) is 0 Å². The predicted octanol–water partition coefficient (Wildman–Crippen LogP) is 3.90. The quantitative estimate of drug-likeness (QED) is 0.740. The number of nitrogens with zero attached hydrogens (tertiary/aromatic N) is 3. The van der Waals surface area contributed by atoms with Crippen LogP contribution in [0.2, 0.25) is 0 Å². The first-order valence-electron chi connectivity index (χ1n) is 7.74. The number of anilines is 1. The van der Waals surface area contributed by atoms with Crippen LogP contribution in [-0.2, 0) is 6.18 Å². The van der Waals surface area contributed by atoms with Gasteiger partial charge >= 0.3 is 12.5 Å². The number of halogens is 6. The number of hydrogen-bond acceptors (Lipinski definition) is 4. The fourth-order valence-corrected chi connectivity index (χ4v) is 2.84. The summed E-state index contributed by atoms with van der Waals surface area (Å²) in [5, 5.41) is 0.185. The molecule has 0 bridgehead atoms. The molecule has 142 valence electrons. The van der Waals surface area contributed by atoms with Gasteiger partial charge in [-0.05, 0) is 31.3 Å². The van der Waals surface area contributed by atoms with Gasteiger partial charge in [-0.3, -0.25) is 0 Å². The Labute approximate surface area is 145 Å². The average Bonchev–Trinajstić information content (AvgIpc) is 2.52. The lowest BCUT2D eigenvalue weighted by Gasteiger charge is -2.35. The summed E-state index contributed by atoms with van der Waals surface area (Å²) in [5.41, 5.74) is -0.922. The van der Waals surface area contributed by atoms with E-state index >= 15 is 0 Å². The van der Waals surface area contributed by atoms with Crippen LogP contribution in [0.4, 0.5) is 32.0 Å². The van der Waals surface area contributed by atoms with Crippen LogP contribution in [0.5, 0.6) is 5.75 Å². The number of rotatable bonds is 2. The van der Waals surface area contributed by atoms with Gasteiger partial charge in [-0.25, -0.2) is 4.98 Å². The van der Waals surface area contributed by atoms with Crippen LogP contribution in [0, 0.1) is 0 Å². The second-order valence-electron chi connectivity index (χ2n) is 6.04. The molecule has 0 amide bonds. The molecule has 0 atom stereocenters. The minimum absolute atomic E-state index is 0.0386. The minimum atomic E-state index is -4.89. The summed E-state index contributed by atoms with van der Waals surface area (Å²) >= 11 is 0. The van der Waals surface area contributed by atoms with Crippen LogP contribution in [0.25, 0.3) is 10.9 Å². The largest absolute Gasteiger partial charge is 0.573 e. The van der Waals surface area contributed by atoms with Crippen molar-refractivity contribution in [2.75, 3.05) is 38.1 Å². The summed E-state index contributed by atoms with van der Waals surface area (Å²) in [7, 11) is 1.89. The van der Waals surface area contributed by atoms with Gasteiger partial charge in [0.05, 0.1) is 5.52 Å². The number of pyridine rings is 1. The van der Waals surface area contributed by atoms with Crippen LogP contribution in [0.3, 0.4) is 0 Å². The van der Waals surface area contributed by atoms with Gasteiger partial charge in [-0.15, -0.1) is 13.2 Å². The average molecular weight is 379 g/mol. The Bertz CT molecular complexity index is 797. The van der Waals surface area contributed by atoms with Crippen LogP contribution in [0.15, 0.2) is 24.3 Å². The molecule has 1 aromatic heterocycles. The lowest BCUT2D eigenvalue weighted by molar-refractivity contribution is -0.274. The highest BCUT2D eigenvalue weighted by Crippen LogP contribution is 2.37. The SMILES string of the molecule is CN1CCN(c2cc(C(F)(F)F)nc3ccc(OC(F)(F)F)cc23)CC1. The highest BCUT2D eigenvalue weighted by Gasteiger charge is 2.35. The minimum Gasteiger partial charge on any atom is -0.406 e. The van der Waals surface area contributed by atoms with E-state index in [2.05, 4.69) is 9.72 Å². The van der Waals surface area contributed by atoms with E-state index in [0.717, 1.165) is 24.3 Å². The Morgan fingerprint density at radius 1 is 0.962 bits per heavy atom. The molecule has 0 aliphatic carbocycles. The van der Waals surface area contributed by atoms with Gasteiger partial charge in [0.25, 0.3) is 0 Å². The fraction of sp³-hybridized carbons (Fsp3) is 0.438. The molecule has 1 aromatic carbocycles. The summed E-state index contributed by atoms with van der Waals surface area (Å²) in [5.74, 6) is -0.498. The van der Waals surface area contributed by atoms with Gasteiger partial charge in [0.1, 0.15) is 11.4 Å². The number of piperazine rings is 1. The predicted molar refractivity (Wildman–Crippen MR) is 83.1 cm³/mol. The molecule has 1 fully saturated rings. The van der Waals surface area contributed by atoms with E-state index in [4.69, 9.17) is 0 Å². The van der Waals surface area contributed by atoms with Crippen molar-refractivity contribution in [1.29, 1.82) is 0 Å². The molecule has 26 heavy (non-hydrogen) atoms. The molecular weight excluding hydrogens is 364 g/mol. The number of benzene rings is 1. The first kappa shape index (κ1) is 18.6. The summed E-state index contributed by atoms with van der Waals surface area (Å²) in [6, 6.07) is 4.01. The Balaban J connectivity index is 2.11. The molecule has 0 saturated carbocycles. The first-order chi connectivity index (χ1) is 12.0. The monoisotopic (exact) mass is 379 g/mol. The second kappa shape index (κ2) is 6.49. The maximum Gasteiger partial charge on any atom is 0.573 e. The number of ether oxygens (including phenoxy) is 1. The third-order valence-corrected chi connectivity index (χ3v) is 4.13. The zero-order valence-electron chi connectivity index (χ0n) is 13.7. The number of aromatic nitrogens is 1. The Kier molecular flexibility index (Phi) is 4.63. The zero-order chi connectivity index (χ0) is 19.1. The van der Waals surface area contributed by atoms with Crippen LogP contribution < -0.4 is 9.64 Å². The molecule has 1 aliphatic heterocycles. The van der Waals surface area contributed by atoms with E-state index < -0.39 is 24.0 Å². The maximum absolute atomic E-state index is 13.2. The van der Waals surface area contributed by atoms with Gasteiger partial charge in [-0.2, -0.15) is 13.2 Å². The molecule has 1 aliphatic rings. The van der Waals surface area contributed by atoms with Crippen molar-refractivity contribution in [2.24, 2.45) is 0 Å². The topological polar surface area (TPSA) is 28.6 Å². The Hall–Kier alpha value is -2.23. The normalized spacial score (nSPS) is 17.0. The second-order valence-corrected chi connectivity index (χ2v) is 6.04. The standard InChI is InChI=1S/C16H15F6N3O/c1-24-4-6-25(7-5-24)13-9-14(15(17,18)19)23-12-3-2-10(8-11(12)13)26-16(20,21)22/h2-3,8-9H,4-7H2,1H3. The molecule has 0 radical (unpaired) electrons. The van der Waals surface area contributed by atoms with Gasteiger partial charge in [0.2, 0.25) is 0 Å². The van der Waals surface area contributed by atoms with Crippen molar-refractivity contribution in [2.45, 2.75) is 12.5 Å². The third-order valence-electron chi connectivity index (χ3n) is 4.13. The molecule has 0 N–H and O–H groups in total. The first-order valence-corrected chi connectivity index (χ1v) is 7.74. The van der Waals surface area contributed by atoms with Crippen molar-refractivity contribution < 1.29 is 31.1 Å². The zero-order valence-corrected chi connectivity index (χ0v) is 13.7. The van der Waals surface area contributed by atoms with Gasteiger partial charge in [0.15, 0.2) is 0 Å². The van der Waals surface area contributed by atoms with Crippen molar-refractivity contribution >= 4 is 16.6 Å². The number of fused-ring (bicyclic) bond motifs is 1. The van der Waals surface area contributed by atoms with Crippen molar-refractivity contribution in [3.05, 3.63) is 30.0 Å². The molecule has 0 spiro atoms. The molecule has 3 rings (SSSR count). The highest BCUT2D eigenvalue weighted by molar-refractivity contribution is 5.93. The van der Waals surface area contributed by atoms with Gasteiger partial charge < -0.3 is 14.5 Å². The van der Waals surface area contributed by atoms with E-state index in [1.807, 2.05) is 11.9 Å². The number of likely N-dealkylation sites (N-methyl/N-ethyl adjacent to an activating group) is 1. The molecule has 2 aromatic rings. The van der Waals surface area contributed by atoms with Crippen LogP contribution in [0.1, 0.15) is 5.69 Å². The Morgan fingerprint density at radius 2 is 1.62 bits per heavy atom. The van der Waals surface area contributed by atoms with E-state index in [1.165, 1.54) is 0 Å². The van der Waals surface area contributed by atoms with Crippen molar-refractivity contribution in [1.82, 2.24) is 9.88 Å². The summed E-state index contributed by atoms with van der Waals surface area (Å²) < 4.78 is 80.8. The molecule has 2 heterocycles. The fourth-order valence-electron chi connectivity index (χ4n) is 2.84. The Morgan fingerprint density at radius 3 is 2.19 bits per heavy atom. The van der Waals surface area contributed by atoms with E-state index in [0.29, 0.717) is 26.2 Å². The number of hydrogen-bond donors (Lipinski definition) is 0. The molecular formula is C16H15F6N3O. The molecule has 1 saturated heterocycles.